The third-order valence-corrected chi connectivity index (χ3v) is 5.40. The maximum absolute atomic E-state index is 11.6. The Morgan fingerprint density at radius 1 is 1.44 bits per heavy atom. The van der Waals surface area contributed by atoms with Crippen molar-refractivity contribution in [2.45, 2.75) is 11.8 Å². The van der Waals surface area contributed by atoms with Crippen molar-refractivity contribution in [1.82, 2.24) is 15.6 Å². The molecule has 1 aliphatic heterocycles. The lowest BCUT2D eigenvalue weighted by Crippen LogP contribution is -2.39. The van der Waals surface area contributed by atoms with Crippen LogP contribution in [0.2, 0.25) is 0 Å². The molecule has 0 saturated carbocycles. The molecule has 1 saturated heterocycles. The predicted octanol–water partition coefficient (Wildman–Crippen LogP) is 1.73. The Balaban J connectivity index is 1.63. The van der Waals surface area contributed by atoms with Crippen LogP contribution in [0, 0.1) is 0 Å². The van der Waals surface area contributed by atoms with E-state index in [0.717, 1.165) is 17.9 Å². The first-order valence-electron chi connectivity index (χ1n) is 5.94. The highest BCUT2D eigenvalue weighted by molar-refractivity contribution is 8.06. The number of urea groups is 1. The lowest BCUT2D eigenvalue weighted by molar-refractivity contribution is 0.240. The Kier molecular flexibility index (Phi) is 5.67. The summed E-state index contributed by atoms with van der Waals surface area (Å²) in [5, 5.41) is 6.30. The Bertz CT molecular complexity index is 369. The molecule has 2 amide bonds. The summed E-state index contributed by atoms with van der Waals surface area (Å²) in [4.78, 5) is 15.6. The van der Waals surface area contributed by atoms with Crippen molar-refractivity contribution in [1.29, 1.82) is 0 Å². The van der Waals surface area contributed by atoms with Crippen LogP contribution in [0.15, 0.2) is 24.5 Å². The second-order valence-electron chi connectivity index (χ2n) is 3.99. The number of rotatable bonds is 4. The van der Waals surface area contributed by atoms with E-state index >= 15 is 0 Å². The summed E-state index contributed by atoms with van der Waals surface area (Å²) >= 11 is 3.91. The van der Waals surface area contributed by atoms with E-state index in [9.17, 15) is 4.79 Å². The molecule has 1 atom stereocenters. The van der Waals surface area contributed by atoms with Crippen LogP contribution in [0.25, 0.3) is 0 Å². The molecule has 2 heterocycles. The zero-order valence-electron chi connectivity index (χ0n) is 10.1. The van der Waals surface area contributed by atoms with Gasteiger partial charge in [-0.05, 0) is 11.6 Å². The highest BCUT2D eigenvalue weighted by Gasteiger charge is 2.14. The first-order valence-corrected chi connectivity index (χ1v) is 8.15. The lowest BCUT2D eigenvalue weighted by atomic mass is 10.3. The number of hydrogen-bond acceptors (Lipinski definition) is 4. The van der Waals surface area contributed by atoms with Crippen LogP contribution in [0.3, 0.4) is 0 Å². The average molecular weight is 283 g/mol. The quantitative estimate of drug-likeness (QED) is 0.883. The number of amides is 2. The molecule has 1 aromatic heterocycles. The standard InChI is InChI=1S/C12H17N3OS2/c16-12(14-7-10-2-1-3-13-6-10)15-8-11-9-17-4-5-18-11/h1-3,6,11H,4-5,7-9H2,(H2,14,15,16). The van der Waals surface area contributed by atoms with E-state index in [1.54, 1.807) is 12.4 Å². The van der Waals surface area contributed by atoms with Gasteiger partial charge in [0.05, 0.1) is 0 Å². The van der Waals surface area contributed by atoms with Crippen molar-refractivity contribution < 1.29 is 4.79 Å². The van der Waals surface area contributed by atoms with E-state index in [1.807, 2.05) is 35.7 Å². The van der Waals surface area contributed by atoms with E-state index in [0.29, 0.717) is 11.8 Å². The van der Waals surface area contributed by atoms with Crippen molar-refractivity contribution >= 4 is 29.6 Å². The van der Waals surface area contributed by atoms with E-state index in [2.05, 4.69) is 15.6 Å². The van der Waals surface area contributed by atoms with Crippen LogP contribution >= 0.6 is 23.5 Å². The summed E-state index contributed by atoms with van der Waals surface area (Å²) in [5.74, 6) is 3.55. The Labute approximate surface area is 116 Å². The van der Waals surface area contributed by atoms with Gasteiger partial charge in [0.2, 0.25) is 0 Å². The topological polar surface area (TPSA) is 54.0 Å². The summed E-state index contributed by atoms with van der Waals surface area (Å²) in [6.07, 6.45) is 3.48. The maximum atomic E-state index is 11.6. The summed E-state index contributed by atoms with van der Waals surface area (Å²) in [5.41, 5.74) is 1.01. The number of nitrogens with one attached hydrogen (secondary N) is 2. The van der Waals surface area contributed by atoms with E-state index in [4.69, 9.17) is 0 Å². The van der Waals surface area contributed by atoms with Gasteiger partial charge in [0.15, 0.2) is 0 Å². The summed E-state index contributed by atoms with van der Waals surface area (Å²) < 4.78 is 0. The SMILES string of the molecule is O=C(NCc1cccnc1)NCC1CSCCS1. The van der Waals surface area contributed by atoms with E-state index in [1.165, 1.54) is 11.5 Å². The van der Waals surface area contributed by atoms with Crippen molar-refractivity contribution in [2.75, 3.05) is 23.8 Å². The zero-order valence-corrected chi connectivity index (χ0v) is 11.7. The van der Waals surface area contributed by atoms with Gasteiger partial charge in [-0.25, -0.2) is 4.79 Å². The lowest BCUT2D eigenvalue weighted by Gasteiger charge is -2.21. The molecule has 0 radical (unpaired) electrons. The minimum atomic E-state index is -0.102. The Morgan fingerprint density at radius 2 is 2.39 bits per heavy atom. The first-order chi connectivity index (χ1) is 8.84. The van der Waals surface area contributed by atoms with Crippen molar-refractivity contribution in [3.63, 3.8) is 0 Å². The second-order valence-corrected chi connectivity index (χ2v) is 6.55. The molecule has 1 aromatic rings. The molecule has 1 fully saturated rings. The fraction of sp³-hybridized carbons (Fsp3) is 0.500. The summed E-state index contributed by atoms with van der Waals surface area (Å²) in [6.45, 7) is 1.27. The average Bonchev–Trinajstić information content (AvgIpc) is 2.45. The van der Waals surface area contributed by atoms with Gasteiger partial charge in [-0.1, -0.05) is 6.07 Å². The van der Waals surface area contributed by atoms with Gasteiger partial charge < -0.3 is 10.6 Å². The molecule has 2 rings (SSSR count). The third-order valence-electron chi connectivity index (χ3n) is 2.55. The number of thioether (sulfide) groups is 2. The van der Waals surface area contributed by atoms with E-state index < -0.39 is 0 Å². The molecule has 6 heteroatoms. The summed E-state index contributed by atoms with van der Waals surface area (Å²) in [6, 6.07) is 3.71. The highest BCUT2D eigenvalue weighted by Crippen LogP contribution is 2.23. The zero-order chi connectivity index (χ0) is 12.6. The van der Waals surface area contributed by atoms with Gasteiger partial charge in [-0.3, -0.25) is 4.98 Å². The molecule has 0 spiro atoms. The molecule has 2 N–H and O–H groups in total. The number of aromatic nitrogens is 1. The van der Waals surface area contributed by atoms with E-state index in [-0.39, 0.29) is 6.03 Å². The highest BCUT2D eigenvalue weighted by atomic mass is 32.2. The molecule has 18 heavy (non-hydrogen) atoms. The van der Waals surface area contributed by atoms with Gasteiger partial charge in [-0.2, -0.15) is 23.5 Å². The first kappa shape index (κ1) is 13.5. The molecular formula is C12H17N3OS2. The van der Waals surface area contributed by atoms with Crippen LogP contribution < -0.4 is 10.6 Å². The minimum absolute atomic E-state index is 0.102. The molecular weight excluding hydrogens is 266 g/mol. The van der Waals surface area contributed by atoms with Gasteiger partial charge in [0.25, 0.3) is 0 Å². The maximum Gasteiger partial charge on any atom is 0.315 e. The van der Waals surface area contributed by atoms with Gasteiger partial charge in [0, 0.05) is 48.0 Å². The summed E-state index contributed by atoms with van der Waals surface area (Å²) in [7, 11) is 0. The van der Waals surface area contributed by atoms with Crippen LogP contribution in [0.5, 0.6) is 0 Å². The monoisotopic (exact) mass is 283 g/mol. The molecule has 98 valence electrons. The largest absolute Gasteiger partial charge is 0.337 e. The molecule has 0 bridgehead atoms. The normalized spacial score (nSPS) is 19.2. The van der Waals surface area contributed by atoms with Gasteiger partial charge >= 0.3 is 6.03 Å². The number of hydrogen-bond donors (Lipinski definition) is 2. The fourth-order valence-corrected chi connectivity index (χ4v) is 4.22. The smallest absolute Gasteiger partial charge is 0.315 e. The molecule has 1 aliphatic rings. The minimum Gasteiger partial charge on any atom is -0.337 e. The van der Waals surface area contributed by atoms with Crippen LogP contribution in [0.4, 0.5) is 4.79 Å². The number of carbonyl (C=O) groups excluding carboxylic acids is 1. The van der Waals surface area contributed by atoms with Gasteiger partial charge in [0.1, 0.15) is 0 Å². The number of pyridine rings is 1. The molecule has 4 nitrogen and oxygen atoms in total. The predicted molar refractivity (Wildman–Crippen MR) is 78.0 cm³/mol. The number of nitrogens with zero attached hydrogens (tertiary/aromatic N) is 1. The van der Waals surface area contributed by atoms with Crippen LogP contribution in [-0.4, -0.2) is 40.1 Å². The number of carbonyl (C=O) groups is 1. The fourth-order valence-electron chi connectivity index (χ4n) is 1.61. The van der Waals surface area contributed by atoms with Crippen LogP contribution in [0.1, 0.15) is 5.56 Å². The second kappa shape index (κ2) is 7.53. The Morgan fingerprint density at radius 3 is 3.11 bits per heavy atom. The third kappa shape index (κ3) is 4.78. The van der Waals surface area contributed by atoms with Crippen LogP contribution in [-0.2, 0) is 6.54 Å². The van der Waals surface area contributed by atoms with Crippen molar-refractivity contribution in [3.05, 3.63) is 30.1 Å². The Hall–Kier alpha value is -0.880. The molecule has 0 aromatic carbocycles. The van der Waals surface area contributed by atoms with Gasteiger partial charge in [-0.15, -0.1) is 0 Å². The van der Waals surface area contributed by atoms with Crippen molar-refractivity contribution in [3.8, 4) is 0 Å². The molecule has 1 unspecified atom stereocenters. The molecule has 0 aliphatic carbocycles. The van der Waals surface area contributed by atoms with Crippen molar-refractivity contribution in [2.24, 2.45) is 0 Å².